The van der Waals surface area contributed by atoms with Gasteiger partial charge in [-0.1, -0.05) is 53.2 Å². The molecule has 1 heterocycles. The first-order valence-corrected chi connectivity index (χ1v) is 10.9. The molecule has 0 aliphatic carbocycles. The van der Waals surface area contributed by atoms with Crippen LogP contribution in [0.5, 0.6) is 0 Å². The third kappa shape index (κ3) is 6.63. The number of amides is 1. The van der Waals surface area contributed by atoms with Crippen LogP contribution in [0.15, 0.2) is 54.7 Å². The highest BCUT2D eigenvalue weighted by atomic mass is 35.5. The number of carboxylic acids is 1. The van der Waals surface area contributed by atoms with E-state index < -0.39 is 23.3 Å². The third-order valence-corrected chi connectivity index (χ3v) is 5.88. The fraction of sp³-hybridized carbons (Fsp3) is 0.333. The zero-order valence-electron chi connectivity index (χ0n) is 18.5. The molecule has 0 aliphatic rings. The molecule has 1 aromatic heterocycles. The van der Waals surface area contributed by atoms with Crippen LogP contribution in [-0.4, -0.2) is 52.2 Å². The summed E-state index contributed by atoms with van der Waals surface area (Å²) >= 11 is 6.10. The molecule has 2 aromatic carbocycles. The van der Waals surface area contributed by atoms with Crippen molar-refractivity contribution in [3.8, 4) is 11.1 Å². The molecule has 8 nitrogen and oxygen atoms in total. The second-order valence-electron chi connectivity index (χ2n) is 8.25. The lowest BCUT2D eigenvalue weighted by Crippen LogP contribution is -2.43. The highest BCUT2D eigenvalue weighted by molar-refractivity contribution is 6.30. The van der Waals surface area contributed by atoms with Gasteiger partial charge in [-0.05, 0) is 55.0 Å². The zero-order chi connectivity index (χ0) is 23.8. The molecule has 0 aliphatic heterocycles. The molecular formula is C24H27ClN4O4. The van der Waals surface area contributed by atoms with Gasteiger partial charge in [0.1, 0.15) is 0 Å². The Kier molecular flexibility index (Phi) is 8.19. The van der Waals surface area contributed by atoms with E-state index in [-0.39, 0.29) is 12.1 Å². The second-order valence-corrected chi connectivity index (χ2v) is 8.69. The molecule has 0 fully saturated rings. The van der Waals surface area contributed by atoms with E-state index in [4.69, 9.17) is 16.3 Å². The van der Waals surface area contributed by atoms with Gasteiger partial charge in [-0.15, -0.1) is 5.10 Å². The van der Waals surface area contributed by atoms with Crippen molar-refractivity contribution in [3.05, 3.63) is 71.0 Å². The Labute approximate surface area is 197 Å². The number of hydrogen-bond donors (Lipinski definition) is 3. The summed E-state index contributed by atoms with van der Waals surface area (Å²) in [6, 6.07) is 15.1. The number of aromatic nitrogens is 3. The molecule has 174 valence electrons. The van der Waals surface area contributed by atoms with E-state index in [1.165, 1.54) is 13.3 Å². The predicted molar refractivity (Wildman–Crippen MR) is 125 cm³/mol. The van der Waals surface area contributed by atoms with Crippen LogP contribution in [-0.2, 0) is 16.0 Å². The normalized spacial score (nSPS) is 13.8. The van der Waals surface area contributed by atoms with E-state index in [0.717, 1.165) is 16.7 Å². The van der Waals surface area contributed by atoms with Gasteiger partial charge in [0.2, 0.25) is 0 Å². The van der Waals surface area contributed by atoms with Crippen molar-refractivity contribution in [2.45, 2.75) is 32.2 Å². The monoisotopic (exact) mass is 470 g/mol. The number of aliphatic carboxylic acids is 1. The van der Waals surface area contributed by atoms with Crippen LogP contribution in [0, 0.1) is 5.41 Å². The Balaban J connectivity index is 1.80. The molecule has 1 unspecified atom stereocenters. The quantitative estimate of drug-likeness (QED) is 0.390. The van der Waals surface area contributed by atoms with E-state index >= 15 is 0 Å². The van der Waals surface area contributed by atoms with Crippen molar-refractivity contribution in [2.24, 2.45) is 5.41 Å². The summed E-state index contributed by atoms with van der Waals surface area (Å²) in [6.45, 7) is 1.98. The molecule has 3 rings (SSSR count). The van der Waals surface area contributed by atoms with E-state index in [2.05, 4.69) is 20.7 Å². The largest absolute Gasteiger partial charge is 0.481 e. The Morgan fingerprint density at radius 2 is 1.97 bits per heavy atom. The summed E-state index contributed by atoms with van der Waals surface area (Å²) in [5.74, 6) is -1.35. The van der Waals surface area contributed by atoms with Crippen LogP contribution in [0.25, 0.3) is 11.1 Å². The average Bonchev–Trinajstić information content (AvgIpc) is 3.33. The maximum Gasteiger partial charge on any atom is 0.309 e. The Bertz CT molecular complexity index is 1070. The number of methoxy groups -OCH3 is 1. The van der Waals surface area contributed by atoms with Gasteiger partial charge in [0.15, 0.2) is 5.69 Å². The first-order valence-electron chi connectivity index (χ1n) is 10.6. The molecule has 2 atom stereocenters. The molecule has 3 N–H and O–H groups in total. The first-order chi connectivity index (χ1) is 15.8. The average molecular weight is 471 g/mol. The number of carbonyl (C=O) groups excluding carboxylic acids is 1. The molecule has 0 spiro atoms. The molecule has 33 heavy (non-hydrogen) atoms. The number of aromatic amines is 1. The lowest BCUT2D eigenvalue weighted by atomic mass is 9.79. The Morgan fingerprint density at radius 3 is 2.58 bits per heavy atom. The number of nitrogens with zero attached hydrogens (tertiary/aromatic N) is 2. The van der Waals surface area contributed by atoms with Crippen LogP contribution in [0.4, 0.5) is 0 Å². The number of carboxylic acid groups (broad SMARTS) is 1. The number of halogens is 1. The second kappa shape index (κ2) is 11.1. The van der Waals surface area contributed by atoms with Crippen LogP contribution in [0.2, 0.25) is 5.02 Å². The lowest BCUT2D eigenvalue weighted by molar-refractivity contribution is -0.149. The van der Waals surface area contributed by atoms with Crippen molar-refractivity contribution in [1.29, 1.82) is 0 Å². The summed E-state index contributed by atoms with van der Waals surface area (Å²) in [5.41, 5.74) is 2.05. The zero-order valence-corrected chi connectivity index (χ0v) is 19.3. The van der Waals surface area contributed by atoms with Gasteiger partial charge >= 0.3 is 5.97 Å². The number of carbonyl (C=O) groups is 2. The molecule has 0 saturated heterocycles. The van der Waals surface area contributed by atoms with E-state index in [9.17, 15) is 14.7 Å². The van der Waals surface area contributed by atoms with E-state index in [1.807, 2.05) is 48.5 Å². The van der Waals surface area contributed by atoms with E-state index in [1.54, 1.807) is 6.92 Å². The highest BCUT2D eigenvalue weighted by Gasteiger charge is 2.36. The molecule has 0 saturated carbocycles. The summed E-state index contributed by atoms with van der Waals surface area (Å²) in [5, 5.41) is 23.3. The Morgan fingerprint density at radius 1 is 1.21 bits per heavy atom. The summed E-state index contributed by atoms with van der Waals surface area (Å²) in [4.78, 5) is 24.7. The number of rotatable bonds is 11. The summed E-state index contributed by atoms with van der Waals surface area (Å²) < 4.78 is 5.11. The van der Waals surface area contributed by atoms with Crippen molar-refractivity contribution in [3.63, 3.8) is 0 Å². The number of nitrogens with one attached hydrogen (secondary N) is 2. The van der Waals surface area contributed by atoms with E-state index in [0.29, 0.717) is 24.5 Å². The summed E-state index contributed by atoms with van der Waals surface area (Å²) in [6.07, 6.45) is 2.40. The topological polar surface area (TPSA) is 117 Å². The summed E-state index contributed by atoms with van der Waals surface area (Å²) in [7, 11) is 1.54. The van der Waals surface area contributed by atoms with Crippen molar-refractivity contribution < 1.29 is 19.4 Å². The molecule has 0 radical (unpaired) electrons. The minimum atomic E-state index is -1.07. The van der Waals surface area contributed by atoms with Crippen molar-refractivity contribution in [2.75, 3.05) is 13.7 Å². The van der Waals surface area contributed by atoms with Crippen LogP contribution < -0.4 is 5.32 Å². The maximum atomic E-state index is 12.6. The van der Waals surface area contributed by atoms with Crippen LogP contribution in [0.1, 0.15) is 35.8 Å². The molecule has 9 heteroatoms. The molecule has 3 aromatic rings. The van der Waals surface area contributed by atoms with Crippen molar-refractivity contribution >= 4 is 23.5 Å². The minimum Gasteiger partial charge on any atom is -0.481 e. The van der Waals surface area contributed by atoms with Gasteiger partial charge in [-0.2, -0.15) is 0 Å². The van der Waals surface area contributed by atoms with Gasteiger partial charge < -0.3 is 15.2 Å². The van der Waals surface area contributed by atoms with Crippen LogP contribution in [0.3, 0.4) is 0 Å². The molecular weight excluding hydrogens is 444 g/mol. The standard InChI is InChI=1S/C24H27ClN4O4/c1-24(23(31)32,10-11-33-2)14-20(27-22(30)21-15-26-29-28-21)12-16-6-8-17(9-7-16)18-4-3-5-19(25)13-18/h3-9,13,15,20H,10-12,14H2,1-2H3,(H,27,30)(H,31,32)(H,26,28,29)/t20-,24?/m1/s1. The van der Waals surface area contributed by atoms with Gasteiger partial charge in [0.05, 0.1) is 11.6 Å². The van der Waals surface area contributed by atoms with Gasteiger partial charge in [0.25, 0.3) is 5.91 Å². The van der Waals surface area contributed by atoms with Crippen molar-refractivity contribution in [1.82, 2.24) is 20.7 Å². The SMILES string of the molecule is COCCC(C)(C[C@@H](Cc1ccc(-c2cccc(Cl)c2)cc1)NC(=O)c1c[nH]nn1)C(=O)O. The van der Waals surface area contributed by atoms with Crippen LogP contribution >= 0.6 is 11.6 Å². The van der Waals surface area contributed by atoms with Gasteiger partial charge in [-0.3, -0.25) is 14.7 Å². The molecule has 0 bridgehead atoms. The maximum absolute atomic E-state index is 12.6. The first kappa shape index (κ1) is 24.4. The fourth-order valence-corrected chi connectivity index (χ4v) is 3.89. The number of H-pyrrole nitrogens is 1. The van der Waals surface area contributed by atoms with Gasteiger partial charge in [-0.25, -0.2) is 0 Å². The Hall–Kier alpha value is -3.23. The lowest BCUT2D eigenvalue weighted by Gasteiger charge is -2.30. The predicted octanol–water partition coefficient (Wildman–Crippen LogP) is 3.98. The number of hydrogen-bond acceptors (Lipinski definition) is 5. The molecule has 1 amide bonds. The fourth-order valence-electron chi connectivity index (χ4n) is 3.70. The number of benzene rings is 2. The number of ether oxygens (including phenoxy) is 1. The highest BCUT2D eigenvalue weighted by Crippen LogP contribution is 2.30. The third-order valence-electron chi connectivity index (χ3n) is 5.65. The smallest absolute Gasteiger partial charge is 0.309 e. The minimum absolute atomic E-state index is 0.144. The van der Waals surface area contributed by atoms with Gasteiger partial charge in [0, 0.05) is 24.8 Å².